The van der Waals surface area contributed by atoms with E-state index in [4.69, 9.17) is 9.47 Å². The summed E-state index contributed by atoms with van der Waals surface area (Å²) in [6, 6.07) is 8.20. The molecule has 1 aliphatic heterocycles. The molecule has 0 spiro atoms. The van der Waals surface area contributed by atoms with E-state index >= 15 is 0 Å². The van der Waals surface area contributed by atoms with Crippen LogP contribution in [0.5, 0.6) is 5.75 Å². The summed E-state index contributed by atoms with van der Waals surface area (Å²) >= 11 is 0. The molecule has 1 aromatic carbocycles. The molecule has 1 heterocycles. The maximum Gasteiger partial charge on any atom is 0.251 e. The van der Waals surface area contributed by atoms with Crippen LogP contribution < -0.4 is 4.74 Å². The molecule has 114 valence electrons. The first-order valence-corrected chi connectivity index (χ1v) is 7.67. The van der Waals surface area contributed by atoms with Crippen LogP contribution in [-0.4, -0.2) is 37.1 Å². The maximum atomic E-state index is 12.3. The van der Waals surface area contributed by atoms with Gasteiger partial charge < -0.3 is 14.4 Å². The Morgan fingerprint density at radius 1 is 1.38 bits per heavy atom. The van der Waals surface area contributed by atoms with E-state index in [2.05, 4.69) is 12.1 Å². The first-order chi connectivity index (χ1) is 10.1. The Balaban J connectivity index is 2.07. The molecular weight excluding hydrogens is 266 g/mol. The summed E-state index contributed by atoms with van der Waals surface area (Å²) in [4.78, 5) is 14.1. The van der Waals surface area contributed by atoms with Crippen LogP contribution in [0.1, 0.15) is 38.2 Å². The standard InChI is InChI=1S/C17H23NO3/c1-12-16(19)18(2)15-9-4-5-10-17(15,21-12)13-7-6-8-14(11-13)20-3/h6-8,11-12,15H,4-5,9-10H2,1-3H3/t12-,15+,17-/m1/s1. The molecule has 3 rings (SSSR count). The quantitative estimate of drug-likeness (QED) is 0.840. The van der Waals surface area contributed by atoms with Gasteiger partial charge in [0.15, 0.2) is 0 Å². The highest BCUT2D eigenvalue weighted by Gasteiger charge is 2.52. The summed E-state index contributed by atoms with van der Waals surface area (Å²) in [5.74, 6) is 0.919. The molecule has 1 aliphatic carbocycles. The number of morpholine rings is 1. The van der Waals surface area contributed by atoms with Crippen LogP contribution in [0.2, 0.25) is 0 Å². The van der Waals surface area contributed by atoms with E-state index in [-0.39, 0.29) is 11.9 Å². The van der Waals surface area contributed by atoms with Gasteiger partial charge in [0.2, 0.25) is 0 Å². The van der Waals surface area contributed by atoms with E-state index in [0.717, 1.165) is 37.0 Å². The molecule has 0 aromatic heterocycles. The SMILES string of the molecule is COc1cccc([C@]23CCCC[C@@H]2N(C)C(=O)[C@@H](C)O3)c1. The lowest BCUT2D eigenvalue weighted by Crippen LogP contribution is -2.62. The number of fused-ring (bicyclic) bond motifs is 1. The van der Waals surface area contributed by atoms with Crippen molar-refractivity contribution in [3.63, 3.8) is 0 Å². The van der Waals surface area contributed by atoms with Gasteiger partial charge in [-0.3, -0.25) is 4.79 Å². The van der Waals surface area contributed by atoms with Crippen LogP contribution in [-0.2, 0) is 15.1 Å². The number of nitrogens with zero attached hydrogens (tertiary/aromatic N) is 1. The average molecular weight is 289 g/mol. The van der Waals surface area contributed by atoms with Crippen molar-refractivity contribution in [2.75, 3.05) is 14.2 Å². The zero-order valence-corrected chi connectivity index (χ0v) is 13.0. The predicted molar refractivity (Wildman–Crippen MR) is 80.2 cm³/mol. The molecule has 0 N–H and O–H groups in total. The number of methoxy groups -OCH3 is 1. The molecule has 4 heteroatoms. The number of carbonyl (C=O) groups excluding carboxylic acids is 1. The van der Waals surface area contributed by atoms with Crippen LogP contribution in [0.4, 0.5) is 0 Å². The fraction of sp³-hybridized carbons (Fsp3) is 0.588. The molecule has 0 radical (unpaired) electrons. The second-order valence-corrected chi connectivity index (χ2v) is 6.09. The molecule has 4 nitrogen and oxygen atoms in total. The lowest BCUT2D eigenvalue weighted by molar-refractivity contribution is -0.206. The van der Waals surface area contributed by atoms with Crippen LogP contribution >= 0.6 is 0 Å². The summed E-state index contributed by atoms with van der Waals surface area (Å²) in [5, 5.41) is 0. The Labute approximate surface area is 126 Å². The van der Waals surface area contributed by atoms with Crippen molar-refractivity contribution in [2.45, 2.75) is 50.4 Å². The molecule has 1 saturated carbocycles. The molecule has 1 saturated heterocycles. The Kier molecular flexibility index (Phi) is 3.66. The molecule has 1 aromatic rings. The van der Waals surface area contributed by atoms with Gasteiger partial charge in [0, 0.05) is 7.05 Å². The number of rotatable bonds is 2. The van der Waals surface area contributed by atoms with E-state index in [1.165, 1.54) is 0 Å². The van der Waals surface area contributed by atoms with Crippen molar-refractivity contribution in [2.24, 2.45) is 0 Å². The van der Waals surface area contributed by atoms with E-state index in [1.807, 2.05) is 31.0 Å². The monoisotopic (exact) mass is 289 g/mol. The minimum atomic E-state index is -0.394. The summed E-state index contributed by atoms with van der Waals surface area (Å²) < 4.78 is 11.7. The van der Waals surface area contributed by atoms with Crippen LogP contribution in [0.15, 0.2) is 24.3 Å². The van der Waals surface area contributed by atoms with Crippen LogP contribution in [0, 0.1) is 0 Å². The number of hydrogen-bond acceptors (Lipinski definition) is 3. The Morgan fingerprint density at radius 2 is 2.19 bits per heavy atom. The van der Waals surface area contributed by atoms with Gasteiger partial charge in [0.05, 0.1) is 13.2 Å². The first-order valence-electron chi connectivity index (χ1n) is 7.67. The number of ether oxygens (including phenoxy) is 2. The maximum absolute atomic E-state index is 12.3. The Morgan fingerprint density at radius 3 is 2.95 bits per heavy atom. The van der Waals surface area contributed by atoms with Gasteiger partial charge in [-0.2, -0.15) is 0 Å². The van der Waals surface area contributed by atoms with Crippen LogP contribution in [0.3, 0.4) is 0 Å². The smallest absolute Gasteiger partial charge is 0.251 e. The highest BCUT2D eigenvalue weighted by atomic mass is 16.5. The molecule has 0 unspecified atom stereocenters. The van der Waals surface area contributed by atoms with Crippen molar-refractivity contribution >= 4 is 5.91 Å². The van der Waals surface area contributed by atoms with Crippen molar-refractivity contribution in [1.82, 2.24) is 4.90 Å². The number of benzene rings is 1. The lowest BCUT2D eigenvalue weighted by Gasteiger charge is -2.53. The van der Waals surface area contributed by atoms with Gasteiger partial charge in [-0.1, -0.05) is 25.0 Å². The number of amides is 1. The van der Waals surface area contributed by atoms with Crippen molar-refractivity contribution in [3.8, 4) is 5.75 Å². The van der Waals surface area contributed by atoms with E-state index in [9.17, 15) is 4.79 Å². The van der Waals surface area contributed by atoms with Gasteiger partial charge >= 0.3 is 0 Å². The fourth-order valence-electron chi connectivity index (χ4n) is 3.87. The molecule has 0 bridgehead atoms. The molecule has 21 heavy (non-hydrogen) atoms. The lowest BCUT2D eigenvalue weighted by atomic mass is 9.73. The zero-order valence-electron chi connectivity index (χ0n) is 13.0. The second kappa shape index (κ2) is 5.34. The normalized spacial score (nSPS) is 32.7. The zero-order chi connectivity index (χ0) is 15.0. The Bertz CT molecular complexity index is 545. The molecule has 2 aliphatic rings. The van der Waals surface area contributed by atoms with Gasteiger partial charge in [0.25, 0.3) is 5.91 Å². The largest absolute Gasteiger partial charge is 0.497 e. The second-order valence-electron chi connectivity index (χ2n) is 6.09. The van der Waals surface area contributed by atoms with Crippen molar-refractivity contribution in [3.05, 3.63) is 29.8 Å². The number of likely N-dealkylation sites (N-methyl/N-ethyl adjacent to an activating group) is 1. The Hall–Kier alpha value is -1.55. The molecular formula is C17H23NO3. The molecule has 3 atom stereocenters. The van der Waals surface area contributed by atoms with E-state index < -0.39 is 11.7 Å². The van der Waals surface area contributed by atoms with Gasteiger partial charge in [0.1, 0.15) is 17.5 Å². The third-order valence-corrected chi connectivity index (χ3v) is 4.92. The highest BCUT2D eigenvalue weighted by molar-refractivity contribution is 5.81. The number of carbonyl (C=O) groups is 1. The summed E-state index contributed by atoms with van der Waals surface area (Å²) in [5.41, 5.74) is 0.729. The minimum Gasteiger partial charge on any atom is -0.497 e. The molecule has 2 fully saturated rings. The van der Waals surface area contributed by atoms with E-state index in [1.54, 1.807) is 7.11 Å². The topological polar surface area (TPSA) is 38.8 Å². The number of hydrogen-bond donors (Lipinski definition) is 0. The fourth-order valence-corrected chi connectivity index (χ4v) is 3.87. The first kappa shape index (κ1) is 14.4. The van der Waals surface area contributed by atoms with Crippen molar-refractivity contribution < 1.29 is 14.3 Å². The predicted octanol–water partition coefficient (Wildman–Crippen LogP) is 2.71. The average Bonchev–Trinajstić information content (AvgIpc) is 2.53. The summed E-state index contributed by atoms with van der Waals surface area (Å²) in [7, 11) is 3.58. The molecule has 1 amide bonds. The highest BCUT2D eigenvalue weighted by Crippen LogP contribution is 2.46. The minimum absolute atomic E-state index is 0.0837. The van der Waals surface area contributed by atoms with Gasteiger partial charge in [-0.15, -0.1) is 0 Å². The van der Waals surface area contributed by atoms with Gasteiger partial charge in [-0.05, 0) is 37.5 Å². The third-order valence-electron chi connectivity index (χ3n) is 4.92. The van der Waals surface area contributed by atoms with Crippen LogP contribution in [0.25, 0.3) is 0 Å². The van der Waals surface area contributed by atoms with E-state index in [0.29, 0.717) is 0 Å². The summed E-state index contributed by atoms with van der Waals surface area (Å²) in [6.07, 6.45) is 3.82. The third kappa shape index (κ3) is 2.22. The summed E-state index contributed by atoms with van der Waals surface area (Å²) in [6.45, 7) is 1.85. The van der Waals surface area contributed by atoms with Gasteiger partial charge in [-0.25, -0.2) is 0 Å². The van der Waals surface area contributed by atoms with Crippen molar-refractivity contribution in [1.29, 1.82) is 0 Å².